The smallest absolute Gasteiger partial charge is 0.223 e. The van der Waals surface area contributed by atoms with Crippen molar-refractivity contribution in [1.29, 1.82) is 0 Å². The van der Waals surface area contributed by atoms with Crippen molar-refractivity contribution in [2.45, 2.75) is 51.0 Å². The Bertz CT molecular complexity index is 700. The van der Waals surface area contributed by atoms with Gasteiger partial charge in [0.1, 0.15) is 0 Å². The van der Waals surface area contributed by atoms with E-state index in [1.54, 1.807) is 10.9 Å². The molecule has 4 rings (SSSR count). The molecular weight excluding hydrogens is 328 g/mol. The maximum atomic E-state index is 12.5. The van der Waals surface area contributed by atoms with Gasteiger partial charge in [0.2, 0.25) is 5.91 Å². The first kappa shape index (κ1) is 17.0. The molecule has 0 aromatic carbocycles. The first-order valence-electron chi connectivity index (χ1n) is 9.69. The van der Waals surface area contributed by atoms with Crippen molar-refractivity contribution < 1.29 is 4.79 Å². The van der Waals surface area contributed by atoms with Crippen LogP contribution in [0.5, 0.6) is 0 Å². The topological polar surface area (TPSA) is 75.9 Å². The molecule has 1 amide bonds. The second kappa shape index (κ2) is 7.85. The molecule has 138 valence electrons. The number of carbonyl (C=O) groups is 1. The van der Waals surface area contributed by atoms with Gasteiger partial charge in [-0.2, -0.15) is 5.10 Å². The maximum absolute atomic E-state index is 12.5. The zero-order valence-electron chi connectivity index (χ0n) is 15.0. The van der Waals surface area contributed by atoms with Crippen LogP contribution in [-0.4, -0.2) is 45.0 Å². The molecule has 2 aromatic heterocycles. The lowest BCUT2D eigenvalue weighted by Crippen LogP contribution is -2.44. The largest absolute Gasteiger partial charge is 0.355 e. The fourth-order valence-electron chi connectivity index (χ4n) is 3.95. The molecule has 7 nitrogen and oxygen atoms in total. The summed E-state index contributed by atoms with van der Waals surface area (Å²) < 4.78 is 1.69. The summed E-state index contributed by atoms with van der Waals surface area (Å²) in [6.45, 7) is 1.69. The molecular formula is C19H26N6O. The van der Waals surface area contributed by atoms with Crippen LogP contribution in [0.2, 0.25) is 0 Å². The molecule has 0 bridgehead atoms. The number of rotatable bonds is 4. The number of hydrogen-bond donors (Lipinski definition) is 1. The summed E-state index contributed by atoms with van der Waals surface area (Å²) >= 11 is 0. The first-order valence-corrected chi connectivity index (χ1v) is 9.69. The van der Waals surface area contributed by atoms with Gasteiger partial charge in [0.15, 0.2) is 11.6 Å². The van der Waals surface area contributed by atoms with Crippen molar-refractivity contribution in [2.24, 2.45) is 5.92 Å². The van der Waals surface area contributed by atoms with Crippen molar-refractivity contribution in [3.63, 3.8) is 0 Å². The van der Waals surface area contributed by atoms with Crippen molar-refractivity contribution in [3.8, 4) is 5.82 Å². The predicted octanol–water partition coefficient (Wildman–Crippen LogP) is 2.33. The van der Waals surface area contributed by atoms with Crippen LogP contribution in [-0.2, 0) is 4.79 Å². The Balaban J connectivity index is 1.29. The van der Waals surface area contributed by atoms with Gasteiger partial charge in [-0.15, -0.1) is 10.2 Å². The maximum Gasteiger partial charge on any atom is 0.223 e. The van der Waals surface area contributed by atoms with E-state index in [4.69, 9.17) is 0 Å². The SMILES string of the molecule is O=C(NC1CCCCC1)C1CCN(c2ccc(-n3cccn3)nn2)CC1. The molecule has 0 radical (unpaired) electrons. The van der Waals surface area contributed by atoms with Gasteiger partial charge >= 0.3 is 0 Å². The third-order valence-corrected chi connectivity index (χ3v) is 5.52. The average molecular weight is 354 g/mol. The van der Waals surface area contributed by atoms with Crippen molar-refractivity contribution >= 4 is 11.7 Å². The van der Waals surface area contributed by atoms with Crippen molar-refractivity contribution in [2.75, 3.05) is 18.0 Å². The Morgan fingerprint density at radius 2 is 1.73 bits per heavy atom. The molecule has 1 aliphatic heterocycles. The van der Waals surface area contributed by atoms with Gasteiger partial charge in [0, 0.05) is 37.4 Å². The van der Waals surface area contributed by atoms with E-state index in [0.29, 0.717) is 11.9 Å². The van der Waals surface area contributed by atoms with Gasteiger partial charge in [0.25, 0.3) is 0 Å². The normalized spacial score (nSPS) is 19.5. The van der Waals surface area contributed by atoms with Crippen LogP contribution in [0.1, 0.15) is 44.9 Å². The number of piperidine rings is 1. The molecule has 1 saturated heterocycles. The van der Waals surface area contributed by atoms with Crippen molar-refractivity contribution in [3.05, 3.63) is 30.6 Å². The minimum Gasteiger partial charge on any atom is -0.355 e. The first-order chi connectivity index (χ1) is 12.8. The Hall–Kier alpha value is -2.44. The number of amides is 1. The number of anilines is 1. The highest BCUT2D eigenvalue weighted by atomic mass is 16.1. The summed E-state index contributed by atoms with van der Waals surface area (Å²) in [5.41, 5.74) is 0. The number of hydrogen-bond acceptors (Lipinski definition) is 5. The molecule has 1 saturated carbocycles. The lowest BCUT2D eigenvalue weighted by molar-refractivity contribution is -0.126. The quantitative estimate of drug-likeness (QED) is 0.912. The summed E-state index contributed by atoms with van der Waals surface area (Å²) in [5, 5.41) is 16.0. The van der Waals surface area contributed by atoms with E-state index in [0.717, 1.165) is 44.6 Å². The molecule has 2 fully saturated rings. The fourth-order valence-corrected chi connectivity index (χ4v) is 3.95. The van der Waals surface area contributed by atoms with Crippen molar-refractivity contribution in [1.82, 2.24) is 25.3 Å². The minimum atomic E-state index is 0.129. The highest BCUT2D eigenvalue weighted by Gasteiger charge is 2.27. The van der Waals surface area contributed by atoms with E-state index >= 15 is 0 Å². The highest BCUT2D eigenvalue weighted by Crippen LogP contribution is 2.23. The minimum absolute atomic E-state index is 0.129. The van der Waals surface area contributed by atoms with Gasteiger partial charge in [0.05, 0.1) is 0 Å². The second-order valence-corrected chi connectivity index (χ2v) is 7.31. The van der Waals surface area contributed by atoms with Crippen LogP contribution in [0.4, 0.5) is 5.82 Å². The Morgan fingerprint density at radius 1 is 1.00 bits per heavy atom. The number of aromatic nitrogens is 4. The monoisotopic (exact) mass is 354 g/mol. The average Bonchev–Trinajstić information content (AvgIpc) is 3.24. The summed E-state index contributed by atoms with van der Waals surface area (Å²) in [6.07, 6.45) is 11.4. The molecule has 3 heterocycles. The summed E-state index contributed by atoms with van der Waals surface area (Å²) in [7, 11) is 0. The number of nitrogens with one attached hydrogen (secondary N) is 1. The second-order valence-electron chi connectivity index (χ2n) is 7.31. The molecule has 0 unspecified atom stereocenters. The van der Waals surface area contributed by atoms with E-state index < -0.39 is 0 Å². The van der Waals surface area contributed by atoms with Crippen LogP contribution >= 0.6 is 0 Å². The standard InChI is InChI=1S/C19H26N6O/c26-19(21-16-5-2-1-3-6-16)15-9-13-24(14-10-15)17-7-8-18(23-22-17)25-12-4-11-20-25/h4,7-8,11-12,15-16H,1-3,5-6,9-10,13-14H2,(H,21,26). The molecule has 1 N–H and O–H groups in total. The van der Waals surface area contributed by atoms with Crippen LogP contribution in [0, 0.1) is 5.92 Å². The fraction of sp³-hybridized carbons (Fsp3) is 0.579. The van der Waals surface area contributed by atoms with Gasteiger partial charge in [-0.25, -0.2) is 4.68 Å². The summed E-state index contributed by atoms with van der Waals surface area (Å²) in [5.74, 6) is 1.95. The van der Waals surface area contributed by atoms with Crippen LogP contribution in [0.3, 0.4) is 0 Å². The van der Waals surface area contributed by atoms with Crippen LogP contribution < -0.4 is 10.2 Å². The van der Waals surface area contributed by atoms with Gasteiger partial charge in [-0.05, 0) is 43.9 Å². The highest BCUT2D eigenvalue weighted by molar-refractivity contribution is 5.79. The lowest BCUT2D eigenvalue weighted by Gasteiger charge is -2.33. The number of carbonyl (C=O) groups excluding carboxylic acids is 1. The molecule has 2 aliphatic rings. The predicted molar refractivity (Wildman–Crippen MR) is 99.1 cm³/mol. The Kier molecular flexibility index (Phi) is 5.13. The van der Waals surface area contributed by atoms with E-state index in [-0.39, 0.29) is 11.8 Å². The molecule has 2 aromatic rings. The van der Waals surface area contributed by atoms with E-state index in [1.165, 1.54) is 19.3 Å². The van der Waals surface area contributed by atoms with E-state index in [1.807, 2.05) is 24.4 Å². The summed E-state index contributed by atoms with van der Waals surface area (Å²) in [6, 6.07) is 6.16. The molecule has 1 aliphatic carbocycles. The molecule has 0 spiro atoms. The Morgan fingerprint density at radius 3 is 2.38 bits per heavy atom. The van der Waals surface area contributed by atoms with E-state index in [2.05, 4.69) is 25.5 Å². The molecule has 26 heavy (non-hydrogen) atoms. The summed E-state index contributed by atoms with van der Waals surface area (Å²) in [4.78, 5) is 14.7. The molecule has 7 heteroatoms. The third kappa shape index (κ3) is 3.86. The third-order valence-electron chi connectivity index (χ3n) is 5.52. The Labute approximate surface area is 153 Å². The molecule has 0 atom stereocenters. The van der Waals surface area contributed by atoms with Crippen LogP contribution in [0.25, 0.3) is 5.82 Å². The van der Waals surface area contributed by atoms with Gasteiger partial charge in [-0.1, -0.05) is 19.3 Å². The zero-order chi connectivity index (χ0) is 17.8. The number of nitrogens with zero attached hydrogens (tertiary/aromatic N) is 5. The van der Waals surface area contributed by atoms with Gasteiger partial charge < -0.3 is 10.2 Å². The van der Waals surface area contributed by atoms with E-state index in [9.17, 15) is 4.79 Å². The van der Waals surface area contributed by atoms with Gasteiger partial charge in [-0.3, -0.25) is 4.79 Å². The van der Waals surface area contributed by atoms with Crippen LogP contribution in [0.15, 0.2) is 30.6 Å². The lowest BCUT2D eigenvalue weighted by atomic mass is 9.92. The zero-order valence-corrected chi connectivity index (χ0v) is 15.0.